The van der Waals surface area contributed by atoms with Crippen LogP contribution in [0.1, 0.15) is 12.8 Å². The maximum absolute atomic E-state index is 10.7. The lowest BCUT2D eigenvalue weighted by atomic mass is 9.94. The number of carbonyl (C=O) groups is 1. The second-order valence-electron chi connectivity index (χ2n) is 2.70. The van der Waals surface area contributed by atoms with Crippen molar-refractivity contribution in [2.45, 2.75) is 18.4 Å². The highest BCUT2D eigenvalue weighted by Gasteiger charge is 2.31. The zero-order chi connectivity index (χ0) is 9.61. The Kier molecular flexibility index (Phi) is 5.01. The van der Waals surface area contributed by atoms with Crippen molar-refractivity contribution in [2.75, 3.05) is 12.0 Å². The van der Waals surface area contributed by atoms with Gasteiger partial charge in [0.15, 0.2) is 0 Å². The van der Waals surface area contributed by atoms with E-state index < -0.39 is 11.5 Å². The third-order valence-corrected chi connectivity index (χ3v) is 2.30. The first kappa shape index (κ1) is 11.5. The second kappa shape index (κ2) is 5.22. The second-order valence-corrected chi connectivity index (χ2v) is 3.68. The number of thioether (sulfide) groups is 1. The van der Waals surface area contributed by atoms with Crippen LogP contribution in [0.3, 0.4) is 0 Å². The Labute approximate surface area is 77.0 Å². The molecule has 0 amide bonds. The van der Waals surface area contributed by atoms with Gasteiger partial charge >= 0.3 is 5.97 Å². The average Bonchev–Trinajstić information content (AvgIpc) is 2.01. The average molecular weight is 189 g/mol. The van der Waals surface area contributed by atoms with Gasteiger partial charge in [0.25, 0.3) is 0 Å². The van der Waals surface area contributed by atoms with Gasteiger partial charge in [-0.2, -0.15) is 11.8 Å². The van der Waals surface area contributed by atoms with Gasteiger partial charge in [-0.3, -0.25) is 4.79 Å². The van der Waals surface area contributed by atoms with Crippen LogP contribution in [0.4, 0.5) is 0 Å². The molecule has 0 aromatic rings. The molecule has 0 unspecified atom stereocenters. The number of hydrogen-bond acceptors (Lipinski definition) is 3. The molecular weight excluding hydrogens is 174 g/mol. The van der Waals surface area contributed by atoms with Crippen molar-refractivity contribution >= 4 is 17.7 Å². The summed E-state index contributed by atoms with van der Waals surface area (Å²) in [6, 6.07) is 0. The van der Waals surface area contributed by atoms with Gasteiger partial charge < -0.3 is 10.8 Å². The normalized spacial score (nSPS) is 15.2. The van der Waals surface area contributed by atoms with Gasteiger partial charge in [0.2, 0.25) is 0 Å². The van der Waals surface area contributed by atoms with Crippen molar-refractivity contribution in [1.29, 1.82) is 0 Å². The molecule has 1 atom stereocenters. The molecule has 0 saturated heterocycles. The summed E-state index contributed by atoms with van der Waals surface area (Å²) < 4.78 is 0. The van der Waals surface area contributed by atoms with Crippen molar-refractivity contribution in [1.82, 2.24) is 0 Å². The molecule has 0 radical (unpaired) electrons. The quantitative estimate of drug-likeness (QED) is 0.614. The minimum absolute atomic E-state index is 0.322. The van der Waals surface area contributed by atoms with Gasteiger partial charge in [-0.1, -0.05) is 6.08 Å². The number of carboxylic acids is 1. The fourth-order valence-corrected chi connectivity index (χ4v) is 1.41. The molecule has 0 heterocycles. The highest BCUT2D eigenvalue weighted by Crippen LogP contribution is 2.15. The van der Waals surface area contributed by atoms with E-state index in [9.17, 15) is 4.79 Å². The lowest BCUT2D eigenvalue weighted by Crippen LogP contribution is -2.48. The van der Waals surface area contributed by atoms with Crippen molar-refractivity contribution in [2.24, 2.45) is 5.73 Å². The molecule has 0 rings (SSSR count). The van der Waals surface area contributed by atoms with Crippen molar-refractivity contribution < 1.29 is 9.90 Å². The molecule has 0 aliphatic heterocycles. The van der Waals surface area contributed by atoms with Gasteiger partial charge in [-0.15, -0.1) is 6.58 Å². The lowest BCUT2D eigenvalue weighted by Gasteiger charge is -2.22. The van der Waals surface area contributed by atoms with Gasteiger partial charge in [-0.25, -0.2) is 0 Å². The van der Waals surface area contributed by atoms with E-state index in [1.807, 2.05) is 6.26 Å². The molecule has 0 spiro atoms. The van der Waals surface area contributed by atoms with Gasteiger partial charge in [0.05, 0.1) is 0 Å². The summed E-state index contributed by atoms with van der Waals surface area (Å²) >= 11 is 1.59. The molecule has 0 saturated carbocycles. The molecule has 3 N–H and O–H groups in total. The summed E-state index contributed by atoms with van der Waals surface area (Å²) in [7, 11) is 0. The van der Waals surface area contributed by atoms with E-state index in [2.05, 4.69) is 6.58 Å². The smallest absolute Gasteiger partial charge is 0.324 e. The lowest BCUT2D eigenvalue weighted by molar-refractivity contribution is -0.143. The Hall–Kier alpha value is -0.480. The molecule has 0 aromatic heterocycles. The molecule has 0 aliphatic rings. The van der Waals surface area contributed by atoms with Crippen LogP contribution in [0.2, 0.25) is 0 Å². The van der Waals surface area contributed by atoms with Crippen LogP contribution in [0.25, 0.3) is 0 Å². The van der Waals surface area contributed by atoms with Crippen LogP contribution in [-0.2, 0) is 4.79 Å². The van der Waals surface area contributed by atoms with Crippen molar-refractivity contribution in [3.63, 3.8) is 0 Å². The van der Waals surface area contributed by atoms with Crippen molar-refractivity contribution in [3.05, 3.63) is 12.7 Å². The van der Waals surface area contributed by atoms with E-state index in [0.29, 0.717) is 12.8 Å². The summed E-state index contributed by atoms with van der Waals surface area (Å²) in [6.07, 6.45) is 4.28. The largest absolute Gasteiger partial charge is 0.480 e. The van der Waals surface area contributed by atoms with Gasteiger partial charge in [-0.05, 0) is 24.9 Å². The van der Waals surface area contributed by atoms with Crippen LogP contribution in [0.5, 0.6) is 0 Å². The fourth-order valence-electron chi connectivity index (χ4n) is 0.838. The predicted molar refractivity (Wildman–Crippen MR) is 52.4 cm³/mol. The van der Waals surface area contributed by atoms with E-state index in [-0.39, 0.29) is 0 Å². The Morgan fingerprint density at radius 2 is 2.42 bits per heavy atom. The standard InChI is InChI=1S/C8H15NO2S/c1-3-4-8(9,7(10)11)5-6-12-2/h3H,1,4-6,9H2,2H3,(H,10,11)/t8-/m0/s1. The molecule has 3 nitrogen and oxygen atoms in total. The molecule has 0 bridgehead atoms. The summed E-state index contributed by atoms with van der Waals surface area (Å²) in [5.74, 6) is -0.187. The molecular formula is C8H15NO2S. The zero-order valence-corrected chi connectivity index (χ0v) is 8.06. The van der Waals surface area contributed by atoms with E-state index in [4.69, 9.17) is 10.8 Å². The van der Waals surface area contributed by atoms with Gasteiger partial charge in [0, 0.05) is 0 Å². The Bertz CT molecular complexity index is 172. The van der Waals surface area contributed by atoms with E-state index in [0.717, 1.165) is 5.75 Å². The molecule has 12 heavy (non-hydrogen) atoms. The molecule has 0 fully saturated rings. The van der Waals surface area contributed by atoms with Crippen LogP contribution < -0.4 is 5.73 Å². The van der Waals surface area contributed by atoms with Crippen LogP contribution in [0, 0.1) is 0 Å². The van der Waals surface area contributed by atoms with Crippen molar-refractivity contribution in [3.8, 4) is 0 Å². The number of rotatable bonds is 6. The third kappa shape index (κ3) is 3.28. The highest BCUT2D eigenvalue weighted by molar-refractivity contribution is 7.98. The Morgan fingerprint density at radius 3 is 2.75 bits per heavy atom. The first-order chi connectivity index (χ1) is 5.56. The molecule has 0 aliphatic carbocycles. The summed E-state index contributed by atoms with van der Waals surface area (Å²) in [5, 5.41) is 8.81. The maximum Gasteiger partial charge on any atom is 0.324 e. The maximum atomic E-state index is 10.7. The SMILES string of the molecule is C=CC[C@](N)(CCSC)C(=O)O. The first-order valence-corrected chi connectivity index (χ1v) is 5.08. The first-order valence-electron chi connectivity index (χ1n) is 3.69. The zero-order valence-electron chi connectivity index (χ0n) is 7.25. The summed E-state index contributed by atoms with van der Waals surface area (Å²) in [4.78, 5) is 10.7. The van der Waals surface area contributed by atoms with Gasteiger partial charge in [0.1, 0.15) is 5.54 Å². The highest BCUT2D eigenvalue weighted by atomic mass is 32.2. The number of aliphatic carboxylic acids is 1. The Balaban J connectivity index is 4.17. The van der Waals surface area contributed by atoms with E-state index in [1.165, 1.54) is 0 Å². The monoisotopic (exact) mass is 189 g/mol. The third-order valence-electron chi connectivity index (χ3n) is 1.69. The molecule has 0 aromatic carbocycles. The number of nitrogens with two attached hydrogens (primary N) is 1. The van der Waals surface area contributed by atoms with Crippen LogP contribution >= 0.6 is 11.8 Å². The topological polar surface area (TPSA) is 63.3 Å². The fraction of sp³-hybridized carbons (Fsp3) is 0.625. The molecule has 4 heteroatoms. The van der Waals surface area contributed by atoms with Crippen LogP contribution in [0.15, 0.2) is 12.7 Å². The minimum atomic E-state index is -1.12. The minimum Gasteiger partial charge on any atom is -0.480 e. The molecule has 70 valence electrons. The number of hydrogen-bond donors (Lipinski definition) is 2. The van der Waals surface area contributed by atoms with E-state index >= 15 is 0 Å². The van der Waals surface area contributed by atoms with Crippen LogP contribution in [-0.4, -0.2) is 28.6 Å². The van der Waals surface area contributed by atoms with E-state index in [1.54, 1.807) is 17.8 Å². The number of carboxylic acid groups (broad SMARTS) is 1. The predicted octanol–water partition coefficient (Wildman–Crippen LogP) is 1.10. The Morgan fingerprint density at radius 1 is 1.83 bits per heavy atom. The summed E-state index contributed by atoms with van der Waals surface area (Å²) in [5.41, 5.74) is 4.53. The summed E-state index contributed by atoms with van der Waals surface area (Å²) in [6.45, 7) is 3.49.